The zero-order chi connectivity index (χ0) is 13.0. The average molecular weight is 238 g/mol. The highest BCUT2D eigenvalue weighted by atomic mass is 16.3. The van der Waals surface area contributed by atoms with Crippen LogP contribution in [0.3, 0.4) is 0 Å². The second-order valence-corrected chi connectivity index (χ2v) is 4.32. The lowest BCUT2D eigenvalue weighted by atomic mass is 10.2. The third-order valence-corrected chi connectivity index (χ3v) is 2.23. The van der Waals surface area contributed by atoms with Gasteiger partial charge in [0.1, 0.15) is 0 Å². The summed E-state index contributed by atoms with van der Waals surface area (Å²) in [6.45, 7) is 5.56. The Hall–Kier alpha value is -1.78. The van der Waals surface area contributed by atoms with Crippen molar-refractivity contribution in [1.29, 1.82) is 0 Å². The fraction of sp³-hybridized carbons (Fsp3) is 0.500. The first kappa shape index (κ1) is 13.3. The topological polar surface area (TPSA) is 62.6 Å². The van der Waals surface area contributed by atoms with Gasteiger partial charge in [0.05, 0.1) is 12.8 Å². The third kappa shape index (κ3) is 3.62. The second kappa shape index (κ2) is 5.52. The molecule has 0 aliphatic heterocycles. The number of carbonyl (C=O) groups is 2. The number of furan rings is 1. The number of nitrogens with zero attached hydrogens (tertiary/aromatic N) is 1. The molecule has 1 aromatic rings. The van der Waals surface area contributed by atoms with Gasteiger partial charge < -0.3 is 14.6 Å². The lowest BCUT2D eigenvalue weighted by molar-refractivity contribution is -0.122. The van der Waals surface area contributed by atoms with Crippen LogP contribution in [0.4, 0.5) is 0 Å². The van der Waals surface area contributed by atoms with Gasteiger partial charge in [-0.3, -0.25) is 9.59 Å². The lowest BCUT2D eigenvalue weighted by Crippen LogP contribution is -2.40. The maximum absolute atomic E-state index is 11.9. The van der Waals surface area contributed by atoms with E-state index in [1.807, 2.05) is 13.8 Å². The number of likely N-dealkylation sites (N-methyl/N-ethyl adjacent to an activating group) is 1. The smallest absolute Gasteiger partial charge is 0.290 e. The van der Waals surface area contributed by atoms with Crippen molar-refractivity contribution in [3.63, 3.8) is 0 Å². The van der Waals surface area contributed by atoms with Gasteiger partial charge in [-0.1, -0.05) is 0 Å². The van der Waals surface area contributed by atoms with Crippen molar-refractivity contribution >= 4 is 11.8 Å². The summed E-state index contributed by atoms with van der Waals surface area (Å²) < 4.78 is 5.09. The molecule has 5 nitrogen and oxygen atoms in total. The molecule has 0 aromatic carbocycles. The molecule has 0 bridgehead atoms. The van der Waals surface area contributed by atoms with Crippen molar-refractivity contribution in [3.8, 4) is 0 Å². The standard InChI is InChI=1S/C12H18N2O3/c1-8(2)13-10(15)7-14(4)12(16)11-9(3)5-6-17-11/h5-6,8H,7H2,1-4H3,(H,13,15). The monoisotopic (exact) mass is 238 g/mol. The molecule has 5 heteroatoms. The van der Waals surface area contributed by atoms with E-state index >= 15 is 0 Å². The van der Waals surface area contributed by atoms with Gasteiger partial charge in [0.15, 0.2) is 5.76 Å². The maximum atomic E-state index is 11.9. The van der Waals surface area contributed by atoms with E-state index in [-0.39, 0.29) is 30.2 Å². The summed E-state index contributed by atoms with van der Waals surface area (Å²) in [5, 5.41) is 2.72. The summed E-state index contributed by atoms with van der Waals surface area (Å²) in [5.74, 6) is -0.184. The van der Waals surface area contributed by atoms with E-state index in [9.17, 15) is 9.59 Å². The van der Waals surface area contributed by atoms with Gasteiger partial charge in [-0.2, -0.15) is 0 Å². The Morgan fingerprint density at radius 1 is 1.47 bits per heavy atom. The number of rotatable bonds is 4. The molecule has 0 aliphatic rings. The molecule has 1 heterocycles. The molecular weight excluding hydrogens is 220 g/mol. The van der Waals surface area contributed by atoms with Gasteiger partial charge in [0, 0.05) is 18.7 Å². The lowest BCUT2D eigenvalue weighted by Gasteiger charge is -2.17. The molecule has 0 saturated heterocycles. The van der Waals surface area contributed by atoms with Crippen LogP contribution in [0.5, 0.6) is 0 Å². The maximum Gasteiger partial charge on any atom is 0.290 e. The van der Waals surface area contributed by atoms with Crippen LogP contribution in [0.1, 0.15) is 30.0 Å². The molecule has 0 saturated carbocycles. The van der Waals surface area contributed by atoms with Crippen molar-refractivity contribution in [3.05, 3.63) is 23.7 Å². The summed E-state index contributed by atoms with van der Waals surface area (Å²) in [5.41, 5.74) is 0.770. The van der Waals surface area contributed by atoms with Crippen LogP contribution in [0, 0.1) is 6.92 Å². The van der Waals surface area contributed by atoms with Crippen LogP contribution in [-0.4, -0.2) is 36.3 Å². The van der Waals surface area contributed by atoms with Crippen molar-refractivity contribution in [1.82, 2.24) is 10.2 Å². The number of aryl methyl sites for hydroxylation is 1. The predicted molar refractivity (Wildman–Crippen MR) is 63.7 cm³/mol. The zero-order valence-corrected chi connectivity index (χ0v) is 10.6. The number of carbonyl (C=O) groups excluding carboxylic acids is 2. The summed E-state index contributed by atoms with van der Waals surface area (Å²) in [4.78, 5) is 24.7. The van der Waals surface area contributed by atoms with Crippen LogP contribution in [0.15, 0.2) is 16.7 Å². The first-order chi connectivity index (χ1) is 7.91. The van der Waals surface area contributed by atoms with E-state index in [1.54, 1.807) is 20.0 Å². The Kier molecular flexibility index (Phi) is 4.31. The first-order valence-corrected chi connectivity index (χ1v) is 5.50. The van der Waals surface area contributed by atoms with Crippen molar-refractivity contribution < 1.29 is 14.0 Å². The van der Waals surface area contributed by atoms with E-state index in [2.05, 4.69) is 5.32 Å². The Labute approximate surface area is 101 Å². The third-order valence-electron chi connectivity index (χ3n) is 2.23. The zero-order valence-electron chi connectivity index (χ0n) is 10.6. The molecule has 0 unspecified atom stereocenters. The van der Waals surface area contributed by atoms with E-state index < -0.39 is 0 Å². The highest BCUT2D eigenvalue weighted by molar-refractivity contribution is 5.95. The van der Waals surface area contributed by atoms with Crippen molar-refractivity contribution in [2.24, 2.45) is 0 Å². The SMILES string of the molecule is Cc1ccoc1C(=O)N(C)CC(=O)NC(C)C. The van der Waals surface area contributed by atoms with E-state index in [1.165, 1.54) is 11.2 Å². The molecule has 1 aromatic heterocycles. The average Bonchev–Trinajstić information content (AvgIpc) is 2.61. The number of amides is 2. The fourth-order valence-electron chi connectivity index (χ4n) is 1.42. The van der Waals surface area contributed by atoms with Crippen molar-refractivity contribution in [2.45, 2.75) is 26.8 Å². The Balaban J connectivity index is 2.59. The summed E-state index contributed by atoms with van der Waals surface area (Å²) in [6.07, 6.45) is 1.46. The van der Waals surface area contributed by atoms with E-state index in [0.29, 0.717) is 0 Å². The van der Waals surface area contributed by atoms with Crippen LogP contribution in [-0.2, 0) is 4.79 Å². The predicted octanol–water partition coefficient (Wildman–Crippen LogP) is 1.18. The molecule has 0 atom stereocenters. The molecule has 0 radical (unpaired) electrons. The molecule has 0 fully saturated rings. The Morgan fingerprint density at radius 2 is 2.12 bits per heavy atom. The van der Waals surface area contributed by atoms with Gasteiger partial charge >= 0.3 is 0 Å². The van der Waals surface area contributed by atoms with Crippen LogP contribution < -0.4 is 5.32 Å². The Bertz CT molecular complexity index is 410. The molecule has 1 N–H and O–H groups in total. The summed E-state index contributed by atoms with van der Waals surface area (Å²) in [6, 6.07) is 1.78. The summed E-state index contributed by atoms with van der Waals surface area (Å²) >= 11 is 0. The number of hydrogen-bond donors (Lipinski definition) is 1. The highest BCUT2D eigenvalue weighted by Gasteiger charge is 2.19. The van der Waals surface area contributed by atoms with Gasteiger partial charge in [0.2, 0.25) is 5.91 Å². The van der Waals surface area contributed by atoms with Crippen molar-refractivity contribution in [2.75, 3.05) is 13.6 Å². The van der Waals surface area contributed by atoms with E-state index in [0.717, 1.165) is 5.56 Å². The molecular formula is C12H18N2O3. The highest BCUT2D eigenvalue weighted by Crippen LogP contribution is 2.10. The minimum atomic E-state index is -0.286. The minimum absolute atomic E-state index is 0.0250. The van der Waals surface area contributed by atoms with Crippen LogP contribution >= 0.6 is 0 Å². The molecule has 1 rings (SSSR count). The molecule has 94 valence electrons. The fourth-order valence-corrected chi connectivity index (χ4v) is 1.42. The summed E-state index contributed by atoms with van der Waals surface area (Å²) in [7, 11) is 1.57. The molecule has 0 spiro atoms. The van der Waals surface area contributed by atoms with Crippen LogP contribution in [0.25, 0.3) is 0 Å². The van der Waals surface area contributed by atoms with Gasteiger partial charge in [-0.15, -0.1) is 0 Å². The first-order valence-electron chi connectivity index (χ1n) is 5.50. The van der Waals surface area contributed by atoms with E-state index in [4.69, 9.17) is 4.42 Å². The van der Waals surface area contributed by atoms with Gasteiger partial charge in [-0.25, -0.2) is 0 Å². The normalized spacial score (nSPS) is 10.4. The molecule has 0 aliphatic carbocycles. The number of nitrogens with one attached hydrogen (secondary N) is 1. The minimum Gasteiger partial charge on any atom is -0.459 e. The van der Waals surface area contributed by atoms with Gasteiger partial charge in [0.25, 0.3) is 5.91 Å². The largest absolute Gasteiger partial charge is 0.459 e. The Morgan fingerprint density at radius 3 is 2.59 bits per heavy atom. The van der Waals surface area contributed by atoms with Crippen LogP contribution in [0.2, 0.25) is 0 Å². The van der Waals surface area contributed by atoms with Gasteiger partial charge in [-0.05, 0) is 26.8 Å². The quantitative estimate of drug-likeness (QED) is 0.856. The molecule has 17 heavy (non-hydrogen) atoms. The molecule has 2 amide bonds. The second-order valence-electron chi connectivity index (χ2n) is 4.32. The number of hydrogen-bond acceptors (Lipinski definition) is 3.